The van der Waals surface area contributed by atoms with Crippen LogP contribution < -0.4 is 10.1 Å². The van der Waals surface area contributed by atoms with Crippen molar-refractivity contribution in [2.24, 2.45) is 0 Å². The number of amides is 1. The molecule has 0 fully saturated rings. The minimum atomic E-state index is -1.20. The van der Waals surface area contributed by atoms with Crippen LogP contribution in [-0.2, 0) is 14.3 Å². The first-order valence-corrected chi connectivity index (χ1v) is 8.44. The zero-order valence-electron chi connectivity index (χ0n) is 15.3. The summed E-state index contributed by atoms with van der Waals surface area (Å²) < 4.78 is 36.9. The van der Waals surface area contributed by atoms with Crippen molar-refractivity contribution in [3.63, 3.8) is 0 Å². The topological polar surface area (TPSA) is 64.6 Å². The molecule has 0 bridgehead atoms. The molecule has 0 unspecified atom stereocenters. The SMILES string of the molecule is CC(C)c1ccc(OCC(=O)O[C@@H](C)C(=O)Nc2cc(F)ccc2F)cc1. The van der Waals surface area contributed by atoms with Crippen molar-refractivity contribution in [3.05, 3.63) is 59.7 Å². The smallest absolute Gasteiger partial charge is 0.344 e. The number of benzene rings is 2. The lowest BCUT2D eigenvalue weighted by molar-refractivity contribution is -0.155. The lowest BCUT2D eigenvalue weighted by atomic mass is 10.0. The van der Waals surface area contributed by atoms with Crippen molar-refractivity contribution in [1.29, 1.82) is 0 Å². The Labute approximate surface area is 156 Å². The zero-order valence-corrected chi connectivity index (χ0v) is 15.3. The number of nitrogens with one attached hydrogen (secondary N) is 1. The number of hydrogen-bond donors (Lipinski definition) is 1. The largest absolute Gasteiger partial charge is 0.482 e. The van der Waals surface area contributed by atoms with Crippen molar-refractivity contribution in [2.75, 3.05) is 11.9 Å². The first-order valence-electron chi connectivity index (χ1n) is 8.44. The Bertz CT molecular complexity index is 806. The molecule has 0 saturated heterocycles. The molecule has 2 rings (SSSR count). The van der Waals surface area contributed by atoms with Crippen LogP contribution in [-0.4, -0.2) is 24.6 Å². The Hall–Kier alpha value is -2.96. The van der Waals surface area contributed by atoms with Gasteiger partial charge in [0, 0.05) is 6.07 Å². The predicted octanol–water partition coefficient (Wildman–Crippen LogP) is 4.04. The highest BCUT2D eigenvalue weighted by Crippen LogP contribution is 2.19. The number of anilines is 1. The molecule has 27 heavy (non-hydrogen) atoms. The molecule has 0 radical (unpaired) electrons. The number of carbonyl (C=O) groups excluding carboxylic acids is 2. The maximum atomic E-state index is 13.5. The number of ether oxygens (including phenoxy) is 2. The summed E-state index contributed by atoms with van der Waals surface area (Å²) in [5.41, 5.74) is 0.809. The summed E-state index contributed by atoms with van der Waals surface area (Å²) in [6.45, 7) is 5.07. The summed E-state index contributed by atoms with van der Waals surface area (Å²) in [5, 5.41) is 2.17. The first-order chi connectivity index (χ1) is 12.8. The second-order valence-electron chi connectivity index (χ2n) is 6.26. The number of esters is 1. The van der Waals surface area contributed by atoms with Gasteiger partial charge in [0.05, 0.1) is 5.69 Å². The number of halogens is 2. The van der Waals surface area contributed by atoms with E-state index in [1.54, 1.807) is 12.1 Å². The van der Waals surface area contributed by atoms with Gasteiger partial charge >= 0.3 is 5.97 Å². The Kier molecular flexibility index (Phi) is 6.87. The van der Waals surface area contributed by atoms with Crippen LogP contribution in [0.3, 0.4) is 0 Å². The van der Waals surface area contributed by atoms with Crippen LogP contribution >= 0.6 is 0 Å². The van der Waals surface area contributed by atoms with Gasteiger partial charge in [-0.25, -0.2) is 13.6 Å². The molecule has 1 atom stereocenters. The molecule has 0 spiro atoms. The number of hydrogen-bond acceptors (Lipinski definition) is 4. The van der Waals surface area contributed by atoms with Crippen molar-refractivity contribution in [2.45, 2.75) is 32.8 Å². The van der Waals surface area contributed by atoms with Gasteiger partial charge in [0.25, 0.3) is 5.91 Å². The van der Waals surface area contributed by atoms with E-state index in [2.05, 4.69) is 19.2 Å². The molecule has 0 aromatic heterocycles. The lowest BCUT2D eigenvalue weighted by Crippen LogP contribution is -2.32. The zero-order chi connectivity index (χ0) is 20.0. The maximum Gasteiger partial charge on any atom is 0.344 e. The molecule has 144 valence electrons. The molecule has 2 aromatic rings. The molecule has 1 N–H and O–H groups in total. The highest BCUT2D eigenvalue weighted by molar-refractivity contribution is 5.95. The van der Waals surface area contributed by atoms with Crippen molar-refractivity contribution < 1.29 is 27.8 Å². The van der Waals surface area contributed by atoms with Crippen molar-refractivity contribution >= 4 is 17.6 Å². The molecule has 5 nitrogen and oxygen atoms in total. The summed E-state index contributed by atoms with van der Waals surface area (Å²) in [7, 11) is 0. The van der Waals surface area contributed by atoms with Crippen LogP contribution in [0, 0.1) is 11.6 Å². The first kappa shape index (κ1) is 20.4. The molecule has 0 aliphatic carbocycles. The van der Waals surface area contributed by atoms with E-state index in [0.29, 0.717) is 11.7 Å². The molecule has 1 amide bonds. The van der Waals surface area contributed by atoms with Gasteiger partial charge in [0.2, 0.25) is 0 Å². The molecule has 0 saturated carbocycles. The van der Waals surface area contributed by atoms with Gasteiger partial charge in [-0.15, -0.1) is 0 Å². The fourth-order valence-corrected chi connectivity index (χ4v) is 2.20. The van der Waals surface area contributed by atoms with Crippen molar-refractivity contribution in [1.82, 2.24) is 0 Å². The third-order valence-corrected chi connectivity index (χ3v) is 3.77. The minimum absolute atomic E-state index is 0.329. The van der Waals surface area contributed by atoms with Crippen molar-refractivity contribution in [3.8, 4) is 5.75 Å². The Morgan fingerprint density at radius 2 is 1.70 bits per heavy atom. The Balaban J connectivity index is 1.83. The van der Waals surface area contributed by atoms with E-state index in [1.807, 2.05) is 12.1 Å². The van der Waals surface area contributed by atoms with E-state index in [4.69, 9.17) is 9.47 Å². The summed E-state index contributed by atoms with van der Waals surface area (Å²) in [5.74, 6) is -2.16. The third-order valence-electron chi connectivity index (χ3n) is 3.77. The van der Waals surface area contributed by atoms with Crippen LogP contribution in [0.2, 0.25) is 0 Å². The Morgan fingerprint density at radius 1 is 1.04 bits per heavy atom. The predicted molar refractivity (Wildman–Crippen MR) is 96.6 cm³/mol. The summed E-state index contributed by atoms with van der Waals surface area (Å²) >= 11 is 0. The third kappa shape index (κ3) is 6.06. The minimum Gasteiger partial charge on any atom is -0.482 e. The van der Waals surface area contributed by atoms with Crippen LogP contribution in [0.15, 0.2) is 42.5 Å². The number of rotatable bonds is 7. The fourth-order valence-electron chi connectivity index (χ4n) is 2.20. The Morgan fingerprint density at radius 3 is 2.33 bits per heavy atom. The lowest BCUT2D eigenvalue weighted by Gasteiger charge is -2.14. The van der Waals surface area contributed by atoms with Crippen LogP contribution in [0.25, 0.3) is 0 Å². The molecule has 2 aromatic carbocycles. The molecule has 0 aliphatic rings. The molecular formula is C20H21F2NO4. The van der Waals surface area contributed by atoms with Gasteiger partial charge in [-0.1, -0.05) is 26.0 Å². The van der Waals surface area contributed by atoms with E-state index < -0.39 is 29.6 Å². The van der Waals surface area contributed by atoms with Gasteiger partial charge in [-0.3, -0.25) is 4.79 Å². The van der Waals surface area contributed by atoms with E-state index in [9.17, 15) is 18.4 Å². The molecular weight excluding hydrogens is 356 g/mol. The second-order valence-corrected chi connectivity index (χ2v) is 6.26. The molecule has 7 heteroatoms. The monoisotopic (exact) mass is 377 g/mol. The highest BCUT2D eigenvalue weighted by Gasteiger charge is 2.19. The van der Waals surface area contributed by atoms with Gasteiger partial charge in [0.1, 0.15) is 17.4 Å². The fraction of sp³-hybridized carbons (Fsp3) is 0.300. The van der Waals surface area contributed by atoms with Gasteiger partial charge < -0.3 is 14.8 Å². The standard InChI is InChI=1S/C20H21F2NO4/c1-12(2)14-4-7-16(8-5-14)26-11-19(24)27-13(3)20(25)23-18-10-15(21)6-9-17(18)22/h4-10,12-13H,11H2,1-3H3,(H,23,25)/t13-/m0/s1. The van der Waals surface area contributed by atoms with Crippen LogP contribution in [0.4, 0.5) is 14.5 Å². The van der Waals surface area contributed by atoms with Gasteiger partial charge in [0.15, 0.2) is 12.7 Å². The van der Waals surface area contributed by atoms with Gasteiger partial charge in [-0.2, -0.15) is 0 Å². The van der Waals surface area contributed by atoms with Gasteiger partial charge in [-0.05, 0) is 42.7 Å². The maximum absolute atomic E-state index is 13.5. The van der Waals surface area contributed by atoms with Crippen LogP contribution in [0.5, 0.6) is 5.75 Å². The summed E-state index contributed by atoms with van der Waals surface area (Å²) in [4.78, 5) is 23.8. The second kappa shape index (κ2) is 9.12. The molecule has 0 aliphatic heterocycles. The van der Waals surface area contributed by atoms with E-state index >= 15 is 0 Å². The van der Waals surface area contributed by atoms with Crippen LogP contribution in [0.1, 0.15) is 32.3 Å². The molecule has 0 heterocycles. The average Bonchev–Trinajstić information content (AvgIpc) is 2.63. The quantitative estimate of drug-likeness (QED) is 0.740. The number of carbonyl (C=O) groups is 2. The van der Waals surface area contributed by atoms with E-state index in [0.717, 1.165) is 23.8 Å². The summed E-state index contributed by atoms with van der Waals surface area (Å²) in [6.07, 6.45) is -1.20. The van der Waals surface area contributed by atoms with E-state index in [-0.39, 0.29) is 12.3 Å². The van der Waals surface area contributed by atoms with E-state index in [1.165, 1.54) is 6.92 Å². The normalized spacial score (nSPS) is 11.8. The highest BCUT2D eigenvalue weighted by atomic mass is 19.1. The average molecular weight is 377 g/mol. The summed E-state index contributed by atoms with van der Waals surface area (Å²) in [6, 6.07) is 9.94.